The first-order valence-corrected chi connectivity index (χ1v) is 17.3. The second-order valence-corrected chi connectivity index (χ2v) is 13.5. The minimum Gasteiger partial charge on any atom is -0.368 e. The van der Waals surface area contributed by atoms with Crippen LogP contribution in [0.2, 0.25) is 0 Å². The molecule has 1 aromatic rings. The highest BCUT2D eigenvalue weighted by molar-refractivity contribution is 7.98. The van der Waals surface area contributed by atoms with Gasteiger partial charge < -0.3 is 36.2 Å². The first-order chi connectivity index (χ1) is 22.0. The molecule has 46 heavy (non-hydrogen) atoms. The van der Waals surface area contributed by atoms with Crippen LogP contribution in [0.15, 0.2) is 30.3 Å². The smallest absolute Gasteiger partial charge is 0.249 e. The van der Waals surface area contributed by atoms with E-state index < -0.39 is 71.9 Å². The van der Waals surface area contributed by atoms with Crippen LogP contribution in [0, 0.1) is 5.92 Å². The molecule has 6 amide bonds. The van der Waals surface area contributed by atoms with Crippen LogP contribution in [-0.2, 0) is 33.5 Å². The van der Waals surface area contributed by atoms with Gasteiger partial charge in [0.25, 0.3) is 0 Å². The van der Waals surface area contributed by atoms with Crippen molar-refractivity contribution in [2.45, 2.75) is 95.2 Å². The number of hydrogen-bond donors (Lipinski definition) is 5. The number of thioether (sulfide) groups is 1. The molecule has 0 radical (unpaired) electrons. The third kappa shape index (κ3) is 8.99. The lowest BCUT2D eigenvalue weighted by Crippen LogP contribution is -2.59. The van der Waals surface area contributed by atoms with Crippen molar-refractivity contribution in [1.82, 2.24) is 31.5 Å². The third-order valence-electron chi connectivity index (χ3n) is 8.61. The lowest BCUT2D eigenvalue weighted by atomic mass is 10.0. The van der Waals surface area contributed by atoms with Gasteiger partial charge in [0.15, 0.2) is 0 Å². The zero-order valence-corrected chi connectivity index (χ0v) is 27.7. The van der Waals surface area contributed by atoms with Gasteiger partial charge in [-0.1, -0.05) is 44.2 Å². The quantitative estimate of drug-likeness (QED) is 0.280. The van der Waals surface area contributed by atoms with Crippen LogP contribution in [0.5, 0.6) is 0 Å². The fourth-order valence-electron chi connectivity index (χ4n) is 6.01. The van der Waals surface area contributed by atoms with Gasteiger partial charge in [-0.05, 0) is 56.1 Å². The first kappa shape index (κ1) is 35.2. The summed E-state index contributed by atoms with van der Waals surface area (Å²) in [6.45, 7) is 5.64. The molecule has 3 heterocycles. The molecule has 4 rings (SSSR count). The maximum atomic E-state index is 14.1. The molecule has 0 aliphatic carbocycles. The lowest BCUT2D eigenvalue weighted by Gasteiger charge is -2.32. The van der Waals surface area contributed by atoms with Gasteiger partial charge >= 0.3 is 0 Å². The minimum absolute atomic E-state index is 0.0395. The molecule has 3 saturated heterocycles. The number of carbonyl (C=O) groups excluding carboxylic acids is 6. The van der Waals surface area contributed by atoms with Crippen molar-refractivity contribution in [2.24, 2.45) is 5.92 Å². The van der Waals surface area contributed by atoms with Crippen molar-refractivity contribution in [2.75, 3.05) is 25.2 Å². The van der Waals surface area contributed by atoms with E-state index in [0.717, 1.165) is 6.42 Å². The molecule has 14 heteroatoms. The van der Waals surface area contributed by atoms with Gasteiger partial charge in [0.1, 0.15) is 30.3 Å². The van der Waals surface area contributed by atoms with E-state index in [1.54, 1.807) is 38.1 Å². The third-order valence-corrected chi connectivity index (χ3v) is 9.25. The fraction of sp³-hybridized carbons (Fsp3) is 0.625. The van der Waals surface area contributed by atoms with E-state index in [-0.39, 0.29) is 31.2 Å². The second-order valence-electron chi connectivity index (χ2n) is 12.5. The zero-order chi connectivity index (χ0) is 33.4. The summed E-state index contributed by atoms with van der Waals surface area (Å²) in [5.74, 6) is -2.60. The second kappa shape index (κ2) is 16.3. The van der Waals surface area contributed by atoms with Gasteiger partial charge in [0, 0.05) is 19.2 Å². The predicted octanol–water partition coefficient (Wildman–Crippen LogP) is 0.396. The monoisotopic (exact) mass is 658 g/mol. The van der Waals surface area contributed by atoms with Crippen LogP contribution < -0.4 is 26.6 Å². The van der Waals surface area contributed by atoms with Crippen LogP contribution in [0.3, 0.4) is 0 Å². The van der Waals surface area contributed by atoms with Crippen molar-refractivity contribution < 1.29 is 33.5 Å². The molecule has 252 valence electrons. The van der Waals surface area contributed by atoms with Gasteiger partial charge in [-0.2, -0.15) is 11.8 Å². The van der Waals surface area contributed by atoms with E-state index in [9.17, 15) is 28.8 Å². The summed E-state index contributed by atoms with van der Waals surface area (Å²) in [5.41, 5.74) is 0.688. The van der Waals surface area contributed by atoms with Crippen LogP contribution in [0.4, 0.5) is 0 Å². The Labute approximate surface area is 274 Å². The fourth-order valence-corrected chi connectivity index (χ4v) is 6.48. The van der Waals surface area contributed by atoms with E-state index in [1.165, 1.54) is 23.6 Å². The predicted molar refractivity (Wildman–Crippen MR) is 172 cm³/mol. The maximum absolute atomic E-state index is 14.1. The van der Waals surface area contributed by atoms with E-state index in [2.05, 4.69) is 26.6 Å². The molecule has 3 aliphatic heterocycles. The van der Waals surface area contributed by atoms with Crippen molar-refractivity contribution in [3.05, 3.63) is 35.9 Å². The summed E-state index contributed by atoms with van der Waals surface area (Å²) in [6, 6.07) is 3.80. The summed E-state index contributed by atoms with van der Waals surface area (Å²) in [6.07, 6.45) is 2.99. The number of rotatable bonds is 7. The Kier molecular flexibility index (Phi) is 12.4. The standard InChI is InChI=1S/C32H46N6O7S/c1-18(2)27-32(44)38-17-21(34-31(43)25-11-8-13-45-25)15-24(38)30(42)33-19(3)28(40)36-23(20-9-6-5-7-10-20)16-26(39)35-22(12-14-46-4)29(41)37-27/h5-7,9-10,18-19,21-25,27H,8,11-17H2,1-4H3,(H,33,42)(H,34,43)(H,35,39)(H,36,40)(H,37,41)/t19-,21-,22-,23-,24-,25+,27-/m0/s1. The van der Waals surface area contributed by atoms with Crippen molar-refractivity contribution in [3.63, 3.8) is 0 Å². The molecule has 0 aromatic heterocycles. The highest BCUT2D eigenvalue weighted by Gasteiger charge is 2.44. The van der Waals surface area contributed by atoms with Gasteiger partial charge in [0.2, 0.25) is 35.4 Å². The molecular weight excluding hydrogens is 612 g/mol. The van der Waals surface area contributed by atoms with Crippen LogP contribution >= 0.6 is 11.8 Å². The Hall–Kier alpha value is -3.65. The van der Waals surface area contributed by atoms with Gasteiger partial charge in [0.05, 0.1) is 12.5 Å². The summed E-state index contributed by atoms with van der Waals surface area (Å²) < 4.78 is 5.51. The van der Waals surface area contributed by atoms with Crippen LogP contribution in [0.25, 0.3) is 0 Å². The Morgan fingerprint density at radius 1 is 1.02 bits per heavy atom. The van der Waals surface area contributed by atoms with E-state index in [4.69, 9.17) is 4.74 Å². The summed E-state index contributed by atoms with van der Waals surface area (Å²) in [4.78, 5) is 82.4. The summed E-state index contributed by atoms with van der Waals surface area (Å²) in [7, 11) is 0. The molecular formula is C32H46N6O7S. The summed E-state index contributed by atoms with van der Waals surface area (Å²) >= 11 is 1.52. The highest BCUT2D eigenvalue weighted by atomic mass is 32.2. The molecule has 1 aromatic carbocycles. The molecule has 3 fully saturated rings. The molecule has 5 N–H and O–H groups in total. The minimum atomic E-state index is -1.00. The molecule has 0 saturated carbocycles. The lowest BCUT2D eigenvalue weighted by molar-refractivity contribution is -0.143. The number of ether oxygens (including phenoxy) is 1. The molecule has 13 nitrogen and oxygen atoms in total. The zero-order valence-electron chi connectivity index (χ0n) is 26.9. The van der Waals surface area contributed by atoms with Crippen LogP contribution in [0.1, 0.15) is 64.5 Å². The average Bonchev–Trinajstić information content (AvgIpc) is 3.72. The van der Waals surface area contributed by atoms with Crippen molar-refractivity contribution in [1.29, 1.82) is 0 Å². The number of nitrogens with one attached hydrogen (secondary N) is 5. The normalized spacial score (nSPS) is 29.9. The largest absolute Gasteiger partial charge is 0.368 e. The van der Waals surface area contributed by atoms with Gasteiger partial charge in [-0.25, -0.2) is 0 Å². The number of fused-ring (bicyclic) bond motifs is 1. The molecule has 0 bridgehead atoms. The number of nitrogens with zero attached hydrogens (tertiary/aromatic N) is 1. The van der Waals surface area contributed by atoms with E-state index >= 15 is 0 Å². The number of hydrogen-bond acceptors (Lipinski definition) is 8. The number of benzene rings is 1. The molecule has 0 spiro atoms. The molecule has 7 atom stereocenters. The van der Waals surface area contributed by atoms with Crippen molar-refractivity contribution >= 4 is 47.2 Å². The number of carbonyl (C=O) groups is 6. The SMILES string of the molecule is CSCC[C@@H]1NC(=O)C[C@@H](c2ccccc2)NC(=O)[C@H](C)NC(=O)[C@@H]2C[C@H](NC(=O)[C@H]3CCCO3)CN2C(=O)[C@H](C(C)C)NC1=O. The summed E-state index contributed by atoms with van der Waals surface area (Å²) in [5, 5.41) is 14.2. The Morgan fingerprint density at radius 3 is 2.41 bits per heavy atom. The Bertz CT molecular complexity index is 1270. The molecule has 3 aliphatic rings. The molecule has 0 unspecified atom stereocenters. The van der Waals surface area contributed by atoms with Crippen molar-refractivity contribution in [3.8, 4) is 0 Å². The topological polar surface area (TPSA) is 175 Å². The van der Waals surface area contributed by atoms with E-state index in [0.29, 0.717) is 30.8 Å². The van der Waals surface area contributed by atoms with Gasteiger partial charge in [-0.15, -0.1) is 0 Å². The van der Waals surface area contributed by atoms with Gasteiger partial charge in [-0.3, -0.25) is 28.8 Å². The van der Waals surface area contributed by atoms with Crippen LogP contribution in [-0.4, -0.2) is 102 Å². The maximum Gasteiger partial charge on any atom is 0.249 e. The average molecular weight is 659 g/mol. The van der Waals surface area contributed by atoms with E-state index in [1.807, 2.05) is 12.3 Å². The first-order valence-electron chi connectivity index (χ1n) is 15.9. The number of amides is 6. The Balaban J connectivity index is 1.65. The Morgan fingerprint density at radius 2 is 1.76 bits per heavy atom. The highest BCUT2D eigenvalue weighted by Crippen LogP contribution is 2.24.